The molecule has 0 spiro atoms. The van der Waals surface area contributed by atoms with E-state index in [4.69, 9.17) is 9.47 Å². The van der Waals surface area contributed by atoms with Gasteiger partial charge in [0.2, 0.25) is 0 Å². The molecule has 1 saturated carbocycles. The van der Waals surface area contributed by atoms with Gasteiger partial charge in [0.15, 0.2) is 0 Å². The summed E-state index contributed by atoms with van der Waals surface area (Å²) >= 11 is 0. The molecule has 28 heavy (non-hydrogen) atoms. The third kappa shape index (κ3) is 5.15. The molecule has 0 amide bonds. The monoisotopic (exact) mass is 380 g/mol. The molecule has 1 aliphatic carbocycles. The van der Waals surface area contributed by atoms with Crippen LogP contribution in [0, 0.1) is 11.8 Å². The SMILES string of the molecule is CCC[C@@H]1CC[C@H](c2ccc(C(=O)Oc3ccc(OCC)cc3)cc2)C[C@@H]1C. The number of hydrogen-bond donors (Lipinski definition) is 0. The van der Waals surface area contributed by atoms with E-state index in [9.17, 15) is 4.79 Å². The van der Waals surface area contributed by atoms with Gasteiger partial charge < -0.3 is 9.47 Å². The standard InChI is InChI=1S/C25H32O3/c1-4-6-19-7-12-22(17-18(19)3)20-8-10-21(11-9-20)25(26)28-24-15-13-23(14-16-24)27-5-2/h8-11,13-16,18-19,22H,4-7,12,17H2,1-3H3/t18-,19+,22-/m0/s1. The molecule has 0 unspecified atom stereocenters. The van der Waals surface area contributed by atoms with Crippen molar-refractivity contribution in [3.8, 4) is 11.5 Å². The van der Waals surface area contributed by atoms with Crippen LogP contribution in [0.3, 0.4) is 0 Å². The van der Waals surface area contributed by atoms with Crippen LogP contribution in [0.25, 0.3) is 0 Å². The molecule has 3 atom stereocenters. The number of carbonyl (C=O) groups excluding carboxylic acids is 1. The van der Waals surface area contributed by atoms with Gasteiger partial charge in [-0.1, -0.05) is 38.8 Å². The van der Waals surface area contributed by atoms with E-state index in [2.05, 4.69) is 26.0 Å². The van der Waals surface area contributed by atoms with E-state index in [-0.39, 0.29) is 5.97 Å². The van der Waals surface area contributed by atoms with Gasteiger partial charge in [0.25, 0.3) is 0 Å². The molecule has 150 valence electrons. The van der Waals surface area contributed by atoms with Crippen LogP contribution in [-0.2, 0) is 0 Å². The molecule has 0 radical (unpaired) electrons. The Labute approximate surface area is 169 Å². The van der Waals surface area contributed by atoms with Crippen LogP contribution in [0.2, 0.25) is 0 Å². The largest absolute Gasteiger partial charge is 0.494 e. The van der Waals surface area contributed by atoms with E-state index < -0.39 is 0 Å². The van der Waals surface area contributed by atoms with Crippen LogP contribution >= 0.6 is 0 Å². The lowest BCUT2D eigenvalue weighted by Gasteiger charge is -2.34. The Bertz CT molecular complexity index is 748. The average molecular weight is 381 g/mol. The second-order valence-electron chi connectivity index (χ2n) is 7.95. The molecule has 0 N–H and O–H groups in total. The van der Waals surface area contributed by atoms with E-state index in [0.29, 0.717) is 23.8 Å². The fraction of sp³-hybridized carbons (Fsp3) is 0.480. The summed E-state index contributed by atoms with van der Waals surface area (Å²) in [7, 11) is 0. The fourth-order valence-corrected chi connectivity index (χ4v) is 4.39. The number of carbonyl (C=O) groups is 1. The van der Waals surface area contributed by atoms with Crippen molar-refractivity contribution < 1.29 is 14.3 Å². The molecule has 1 fully saturated rings. The smallest absolute Gasteiger partial charge is 0.343 e. The van der Waals surface area contributed by atoms with Crippen molar-refractivity contribution in [3.05, 3.63) is 59.7 Å². The zero-order chi connectivity index (χ0) is 19.9. The molecule has 0 bridgehead atoms. The first-order valence-corrected chi connectivity index (χ1v) is 10.7. The van der Waals surface area contributed by atoms with Crippen molar-refractivity contribution in [2.45, 2.75) is 58.8 Å². The van der Waals surface area contributed by atoms with Gasteiger partial charge in [-0.3, -0.25) is 0 Å². The van der Waals surface area contributed by atoms with Gasteiger partial charge in [-0.05, 0) is 85.9 Å². The molecule has 3 nitrogen and oxygen atoms in total. The molecule has 2 aromatic rings. The quantitative estimate of drug-likeness (QED) is 0.400. The van der Waals surface area contributed by atoms with Gasteiger partial charge in [0.05, 0.1) is 12.2 Å². The van der Waals surface area contributed by atoms with Gasteiger partial charge in [-0.25, -0.2) is 4.79 Å². The summed E-state index contributed by atoms with van der Waals surface area (Å²) in [4.78, 5) is 12.4. The molecule has 0 heterocycles. The van der Waals surface area contributed by atoms with Crippen molar-refractivity contribution >= 4 is 5.97 Å². The Kier molecular flexibility index (Phi) is 7.13. The second-order valence-corrected chi connectivity index (χ2v) is 7.95. The molecular formula is C25H32O3. The highest BCUT2D eigenvalue weighted by atomic mass is 16.5. The average Bonchev–Trinajstić information content (AvgIpc) is 2.71. The molecule has 2 aromatic carbocycles. The Hall–Kier alpha value is -2.29. The summed E-state index contributed by atoms with van der Waals surface area (Å²) in [5.74, 6) is 3.25. The molecule has 0 saturated heterocycles. The Morgan fingerprint density at radius 3 is 2.25 bits per heavy atom. The maximum absolute atomic E-state index is 12.4. The van der Waals surface area contributed by atoms with Crippen molar-refractivity contribution in [2.24, 2.45) is 11.8 Å². The first kappa shape index (κ1) is 20.4. The first-order valence-electron chi connectivity index (χ1n) is 10.7. The van der Waals surface area contributed by atoms with Gasteiger partial charge in [-0.2, -0.15) is 0 Å². The lowest BCUT2D eigenvalue weighted by atomic mass is 9.71. The van der Waals surface area contributed by atoms with Gasteiger partial charge in [0, 0.05) is 0 Å². The lowest BCUT2D eigenvalue weighted by Crippen LogP contribution is -2.21. The number of rotatable bonds is 7. The molecular weight excluding hydrogens is 348 g/mol. The van der Waals surface area contributed by atoms with Crippen LogP contribution < -0.4 is 9.47 Å². The number of ether oxygens (including phenoxy) is 2. The van der Waals surface area contributed by atoms with Crippen LogP contribution in [0.15, 0.2) is 48.5 Å². The number of hydrogen-bond acceptors (Lipinski definition) is 3. The zero-order valence-electron chi connectivity index (χ0n) is 17.3. The van der Waals surface area contributed by atoms with Gasteiger partial charge >= 0.3 is 5.97 Å². The fourth-order valence-electron chi connectivity index (χ4n) is 4.39. The predicted molar refractivity (Wildman–Crippen MR) is 113 cm³/mol. The van der Waals surface area contributed by atoms with E-state index in [1.165, 1.54) is 37.7 Å². The summed E-state index contributed by atoms with van der Waals surface area (Å²) < 4.78 is 10.9. The summed E-state index contributed by atoms with van der Waals surface area (Å²) in [5.41, 5.74) is 1.93. The molecule has 0 aliphatic heterocycles. The van der Waals surface area contributed by atoms with Crippen molar-refractivity contribution in [3.63, 3.8) is 0 Å². The Morgan fingerprint density at radius 2 is 1.64 bits per heavy atom. The van der Waals surface area contributed by atoms with Crippen LogP contribution in [0.4, 0.5) is 0 Å². The van der Waals surface area contributed by atoms with Crippen LogP contribution in [0.1, 0.15) is 74.7 Å². The van der Waals surface area contributed by atoms with E-state index >= 15 is 0 Å². The van der Waals surface area contributed by atoms with Crippen molar-refractivity contribution in [2.75, 3.05) is 6.61 Å². The van der Waals surface area contributed by atoms with E-state index in [1.54, 1.807) is 12.1 Å². The zero-order valence-corrected chi connectivity index (χ0v) is 17.3. The third-order valence-corrected chi connectivity index (χ3v) is 5.97. The molecule has 3 rings (SSSR count). The summed E-state index contributed by atoms with van der Waals surface area (Å²) in [6.07, 6.45) is 6.46. The van der Waals surface area contributed by atoms with Crippen LogP contribution in [-0.4, -0.2) is 12.6 Å². The molecule has 3 heteroatoms. The summed E-state index contributed by atoms with van der Waals surface area (Å²) in [5, 5.41) is 0. The Balaban J connectivity index is 1.58. The van der Waals surface area contributed by atoms with E-state index in [1.807, 2.05) is 31.2 Å². The highest BCUT2D eigenvalue weighted by molar-refractivity contribution is 5.91. The topological polar surface area (TPSA) is 35.5 Å². The Morgan fingerprint density at radius 1 is 0.964 bits per heavy atom. The highest BCUT2D eigenvalue weighted by Gasteiger charge is 2.27. The third-order valence-electron chi connectivity index (χ3n) is 5.97. The minimum Gasteiger partial charge on any atom is -0.494 e. The first-order chi connectivity index (χ1) is 13.6. The predicted octanol–water partition coefficient (Wildman–Crippen LogP) is 6.62. The second kappa shape index (κ2) is 9.77. The molecule has 0 aromatic heterocycles. The number of esters is 1. The lowest BCUT2D eigenvalue weighted by molar-refractivity contribution is 0.0734. The van der Waals surface area contributed by atoms with Crippen molar-refractivity contribution in [1.82, 2.24) is 0 Å². The highest BCUT2D eigenvalue weighted by Crippen LogP contribution is 2.41. The van der Waals surface area contributed by atoms with Gasteiger partial charge in [0.1, 0.15) is 11.5 Å². The number of benzene rings is 2. The van der Waals surface area contributed by atoms with Crippen LogP contribution in [0.5, 0.6) is 11.5 Å². The maximum atomic E-state index is 12.4. The molecule has 1 aliphatic rings. The van der Waals surface area contributed by atoms with Crippen molar-refractivity contribution in [1.29, 1.82) is 0 Å². The van der Waals surface area contributed by atoms with Gasteiger partial charge in [-0.15, -0.1) is 0 Å². The maximum Gasteiger partial charge on any atom is 0.343 e. The summed E-state index contributed by atoms with van der Waals surface area (Å²) in [6.45, 7) is 7.23. The van der Waals surface area contributed by atoms with E-state index in [0.717, 1.165) is 17.6 Å². The summed E-state index contributed by atoms with van der Waals surface area (Å²) in [6, 6.07) is 15.1. The minimum atomic E-state index is -0.323. The minimum absolute atomic E-state index is 0.323. The normalized spacial score (nSPS) is 21.9.